The Labute approximate surface area is 188 Å². The molecule has 0 aromatic heterocycles. The minimum absolute atomic E-state index is 0.00262. The Morgan fingerprint density at radius 2 is 1.66 bits per heavy atom. The first-order valence-electron chi connectivity index (χ1n) is 10.9. The van der Waals surface area contributed by atoms with E-state index in [-0.39, 0.29) is 18.5 Å². The average molecular weight is 439 g/mol. The average Bonchev–Trinajstić information content (AvgIpc) is 3.19. The maximum absolute atomic E-state index is 13.0. The van der Waals surface area contributed by atoms with Crippen LogP contribution in [0.5, 0.6) is 11.5 Å². The van der Waals surface area contributed by atoms with E-state index in [1.54, 1.807) is 42.2 Å². The Morgan fingerprint density at radius 1 is 0.906 bits per heavy atom. The number of methoxy groups -OCH3 is 2. The lowest BCUT2D eigenvalue weighted by Crippen LogP contribution is -2.51. The Kier molecular flexibility index (Phi) is 6.80. The fourth-order valence-electron chi connectivity index (χ4n) is 4.22. The van der Waals surface area contributed by atoms with Gasteiger partial charge in [-0.3, -0.25) is 14.6 Å². The summed E-state index contributed by atoms with van der Waals surface area (Å²) in [6, 6.07) is 15.5. The third-order valence-corrected chi connectivity index (χ3v) is 6.07. The van der Waals surface area contributed by atoms with Gasteiger partial charge in [-0.2, -0.15) is 0 Å². The van der Waals surface area contributed by atoms with Gasteiger partial charge in [0.05, 0.1) is 19.9 Å². The highest BCUT2D eigenvalue weighted by molar-refractivity contribution is 5.98. The van der Waals surface area contributed by atoms with Gasteiger partial charge in [-0.15, -0.1) is 0 Å². The Hall–Kier alpha value is -3.26. The number of rotatable bonds is 7. The van der Waals surface area contributed by atoms with Crippen LogP contribution < -0.4 is 14.4 Å². The van der Waals surface area contributed by atoms with Gasteiger partial charge in [0.25, 0.3) is 0 Å². The van der Waals surface area contributed by atoms with Crippen molar-refractivity contribution >= 4 is 17.6 Å². The number of benzene rings is 2. The number of ether oxygens (including phenoxy) is 2. The van der Waals surface area contributed by atoms with E-state index in [1.165, 1.54) is 5.56 Å². The molecule has 2 heterocycles. The van der Waals surface area contributed by atoms with E-state index in [2.05, 4.69) is 17.0 Å². The van der Waals surface area contributed by atoms with Crippen molar-refractivity contribution in [2.24, 2.45) is 0 Å². The second-order valence-corrected chi connectivity index (χ2v) is 8.04. The summed E-state index contributed by atoms with van der Waals surface area (Å²) in [5.41, 5.74) is 1.93. The molecule has 2 saturated heterocycles. The lowest BCUT2D eigenvalue weighted by molar-refractivity contribution is -0.133. The van der Waals surface area contributed by atoms with Crippen LogP contribution in [0.15, 0.2) is 48.5 Å². The number of carbonyl (C=O) groups excluding carboxylic acids is 2. The maximum Gasteiger partial charge on any atom is 0.325 e. The number of piperazine rings is 1. The van der Waals surface area contributed by atoms with Crippen molar-refractivity contribution in [3.63, 3.8) is 0 Å². The Bertz CT molecular complexity index is 944. The molecular weight excluding hydrogens is 408 g/mol. The van der Waals surface area contributed by atoms with Crippen LogP contribution in [-0.2, 0) is 11.3 Å². The molecule has 0 aliphatic carbocycles. The van der Waals surface area contributed by atoms with Crippen molar-refractivity contribution in [2.75, 3.05) is 64.9 Å². The lowest BCUT2D eigenvalue weighted by atomic mass is 10.2. The highest BCUT2D eigenvalue weighted by Gasteiger charge is 2.34. The molecule has 0 atom stereocenters. The van der Waals surface area contributed by atoms with Gasteiger partial charge < -0.3 is 19.3 Å². The number of nitrogens with zero attached hydrogens (tertiary/aromatic N) is 4. The van der Waals surface area contributed by atoms with Crippen molar-refractivity contribution < 1.29 is 19.1 Å². The minimum Gasteiger partial charge on any atom is -0.497 e. The normalized spacial score (nSPS) is 17.1. The molecule has 0 saturated carbocycles. The van der Waals surface area contributed by atoms with Gasteiger partial charge in [-0.1, -0.05) is 30.3 Å². The molecule has 0 unspecified atom stereocenters. The number of urea groups is 1. The summed E-state index contributed by atoms with van der Waals surface area (Å²) in [7, 11) is 3.16. The molecule has 0 radical (unpaired) electrons. The topological polar surface area (TPSA) is 65.6 Å². The smallest absolute Gasteiger partial charge is 0.325 e. The summed E-state index contributed by atoms with van der Waals surface area (Å²) in [5.74, 6) is 1.25. The molecule has 0 spiro atoms. The van der Waals surface area contributed by atoms with E-state index in [4.69, 9.17) is 9.47 Å². The Balaban J connectivity index is 1.32. The summed E-state index contributed by atoms with van der Waals surface area (Å²) >= 11 is 0. The Morgan fingerprint density at radius 3 is 2.34 bits per heavy atom. The van der Waals surface area contributed by atoms with Crippen molar-refractivity contribution in [3.05, 3.63) is 54.1 Å². The van der Waals surface area contributed by atoms with Gasteiger partial charge in [-0.05, 0) is 17.7 Å². The van der Waals surface area contributed by atoms with Gasteiger partial charge in [0.15, 0.2) is 0 Å². The molecule has 3 amide bonds. The molecule has 2 fully saturated rings. The molecule has 32 heavy (non-hydrogen) atoms. The van der Waals surface area contributed by atoms with Crippen molar-refractivity contribution in [3.8, 4) is 11.5 Å². The first-order chi connectivity index (χ1) is 15.6. The van der Waals surface area contributed by atoms with Crippen LogP contribution in [0.3, 0.4) is 0 Å². The molecule has 170 valence electrons. The van der Waals surface area contributed by atoms with Gasteiger partial charge >= 0.3 is 6.03 Å². The molecule has 0 bridgehead atoms. The predicted molar refractivity (Wildman–Crippen MR) is 122 cm³/mol. The molecular formula is C24H30N4O4. The van der Waals surface area contributed by atoms with Crippen molar-refractivity contribution in [1.82, 2.24) is 14.7 Å². The first kappa shape index (κ1) is 22.0. The van der Waals surface area contributed by atoms with Crippen LogP contribution in [0.1, 0.15) is 5.56 Å². The summed E-state index contributed by atoms with van der Waals surface area (Å²) in [6.07, 6.45) is 0. The van der Waals surface area contributed by atoms with Crippen LogP contribution in [-0.4, -0.2) is 86.7 Å². The SMILES string of the molecule is COc1ccc(OC)c(N2CCN(CC(=O)N3CCN(Cc4ccccc4)CC3)C2=O)c1. The van der Waals surface area contributed by atoms with Gasteiger partial charge in [-0.25, -0.2) is 4.79 Å². The zero-order valence-corrected chi connectivity index (χ0v) is 18.7. The van der Waals surface area contributed by atoms with Crippen LogP contribution >= 0.6 is 0 Å². The van der Waals surface area contributed by atoms with E-state index < -0.39 is 0 Å². The highest BCUT2D eigenvalue weighted by Crippen LogP contribution is 2.34. The number of carbonyl (C=O) groups is 2. The van der Waals surface area contributed by atoms with E-state index in [9.17, 15) is 9.59 Å². The van der Waals surface area contributed by atoms with E-state index >= 15 is 0 Å². The summed E-state index contributed by atoms with van der Waals surface area (Å²) in [5, 5.41) is 0. The van der Waals surface area contributed by atoms with Gasteiger partial charge in [0.2, 0.25) is 5.91 Å². The minimum atomic E-state index is -0.187. The number of amides is 3. The summed E-state index contributed by atoms with van der Waals surface area (Å²) < 4.78 is 10.7. The zero-order chi connectivity index (χ0) is 22.5. The first-order valence-corrected chi connectivity index (χ1v) is 10.9. The third kappa shape index (κ3) is 4.80. The molecule has 2 aromatic rings. The summed E-state index contributed by atoms with van der Waals surface area (Å²) in [6.45, 7) is 5.02. The van der Waals surface area contributed by atoms with E-state index in [0.29, 0.717) is 43.4 Å². The molecule has 2 aliphatic rings. The molecule has 0 N–H and O–H groups in total. The third-order valence-electron chi connectivity index (χ3n) is 6.07. The largest absolute Gasteiger partial charge is 0.497 e. The predicted octanol–water partition coefficient (Wildman–Crippen LogP) is 2.29. The molecule has 2 aromatic carbocycles. The van der Waals surface area contributed by atoms with E-state index in [0.717, 1.165) is 19.6 Å². The quantitative estimate of drug-likeness (QED) is 0.664. The van der Waals surface area contributed by atoms with Crippen LogP contribution in [0, 0.1) is 0 Å². The lowest BCUT2D eigenvalue weighted by Gasteiger charge is -2.35. The maximum atomic E-state index is 13.0. The molecule has 2 aliphatic heterocycles. The second-order valence-electron chi connectivity index (χ2n) is 8.04. The number of hydrogen-bond donors (Lipinski definition) is 0. The van der Waals surface area contributed by atoms with Crippen LogP contribution in [0.2, 0.25) is 0 Å². The zero-order valence-electron chi connectivity index (χ0n) is 18.7. The van der Waals surface area contributed by atoms with Crippen LogP contribution in [0.25, 0.3) is 0 Å². The van der Waals surface area contributed by atoms with E-state index in [1.807, 2.05) is 23.1 Å². The fraction of sp³-hybridized carbons (Fsp3) is 0.417. The molecule has 8 heteroatoms. The molecule has 8 nitrogen and oxygen atoms in total. The second kappa shape index (κ2) is 9.91. The molecule has 4 rings (SSSR count). The summed E-state index contributed by atoms with van der Waals surface area (Å²) in [4.78, 5) is 33.4. The van der Waals surface area contributed by atoms with Gasteiger partial charge in [0.1, 0.15) is 18.0 Å². The van der Waals surface area contributed by atoms with Crippen molar-refractivity contribution in [2.45, 2.75) is 6.54 Å². The standard InChI is InChI=1S/C24H30N4O4/c1-31-20-8-9-22(32-2)21(16-20)28-15-14-27(24(28)30)18-23(29)26-12-10-25(11-13-26)17-19-6-4-3-5-7-19/h3-9,16H,10-15,17-18H2,1-2H3. The highest BCUT2D eigenvalue weighted by atomic mass is 16.5. The van der Waals surface area contributed by atoms with Crippen molar-refractivity contribution in [1.29, 1.82) is 0 Å². The number of hydrogen-bond acceptors (Lipinski definition) is 5. The fourth-order valence-corrected chi connectivity index (χ4v) is 4.22. The number of anilines is 1. The monoisotopic (exact) mass is 438 g/mol. The van der Waals surface area contributed by atoms with Gasteiger partial charge in [0, 0.05) is 51.9 Å². The van der Waals surface area contributed by atoms with Crippen LogP contribution in [0.4, 0.5) is 10.5 Å².